The number of pyridine rings is 1. The summed E-state index contributed by atoms with van der Waals surface area (Å²) < 4.78 is 102. The van der Waals surface area contributed by atoms with Crippen LogP contribution in [0.4, 0.5) is 30.7 Å². The highest BCUT2D eigenvalue weighted by Crippen LogP contribution is 2.45. The van der Waals surface area contributed by atoms with Crippen molar-refractivity contribution in [3.05, 3.63) is 58.2 Å². The molecule has 0 N–H and O–H groups in total. The van der Waals surface area contributed by atoms with Crippen LogP contribution in [0.2, 0.25) is 0 Å². The average molecular weight is 589 g/mol. The standard InChI is InChI=1S/C28H27F7N2O4/c29-22-12-24(20(16-1-2-16)11-21(22)25(38)41-26(39)28(33,34)35)40-14-15-5-7-37(8-6-15)13-19-9-18(27(30,31)32)10-23(36-19)17-3-4-17/h9-12,15-17H,1-8,13-14H2. The molecular weight excluding hydrogens is 561 g/mol. The highest BCUT2D eigenvalue weighted by Gasteiger charge is 2.43. The first kappa shape index (κ1) is 29.3. The van der Waals surface area contributed by atoms with Crippen LogP contribution < -0.4 is 4.74 Å². The number of hydrogen-bond donors (Lipinski definition) is 0. The molecule has 1 saturated heterocycles. The zero-order valence-electron chi connectivity index (χ0n) is 21.8. The number of nitrogens with zero attached hydrogens (tertiary/aromatic N) is 2. The van der Waals surface area contributed by atoms with E-state index >= 15 is 0 Å². The van der Waals surface area contributed by atoms with E-state index in [1.807, 2.05) is 4.90 Å². The van der Waals surface area contributed by atoms with Gasteiger partial charge in [-0.3, -0.25) is 9.88 Å². The Hall–Kier alpha value is -3.22. The normalized spacial score (nSPS) is 18.8. The van der Waals surface area contributed by atoms with Crippen LogP contribution in [0.15, 0.2) is 24.3 Å². The molecule has 1 aliphatic heterocycles. The van der Waals surface area contributed by atoms with Crippen molar-refractivity contribution in [3.63, 3.8) is 0 Å². The van der Waals surface area contributed by atoms with Gasteiger partial charge in [-0.1, -0.05) is 0 Å². The highest BCUT2D eigenvalue weighted by atomic mass is 19.4. The highest BCUT2D eigenvalue weighted by molar-refractivity contribution is 5.98. The lowest BCUT2D eigenvalue weighted by atomic mass is 9.97. The van der Waals surface area contributed by atoms with Gasteiger partial charge >= 0.3 is 24.3 Å². The SMILES string of the molecule is O=C(OC(=O)C(F)(F)F)c1cc(C2CC2)c(OCC2CCN(Cc3cc(C(F)(F)F)cc(C4CC4)n3)CC2)cc1F. The van der Waals surface area contributed by atoms with Gasteiger partial charge in [0.2, 0.25) is 0 Å². The maximum atomic E-state index is 14.7. The van der Waals surface area contributed by atoms with Crippen LogP contribution in [0.3, 0.4) is 0 Å². The molecule has 3 aliphatic rings. The van der Waals surface area contributed by atoms with Gasteiger partial charge in [-0.2, -0.15) is 26.3 Å². The van der Waals surface area contributed by atoms with E-state index in [9.17, 15) is 40.3 Å². The van der Waals surface area contributed by atoms with Gasteiger partial charge in [0.25, 0.3) is 0 Å². The molecule has 0 amide bonds. The van der Waals surface area contributed by atoms with Gasteiger partial charge in [-0.25, -0.2) is 14.0 Å². The summed E-state index contributed by atoms with van der Waals surface area (Å²) in [4.78, 5) is 29.5. The number of esters is 2. The molecule has 41 heavy (non-hydrogen) atoms. The lowest BCUT2D eigenvalue weighted by Gasteiger charge is -2.32. The zero-order chi connectivity index (χ0) is 29.5. The molecule has 2 heterocycles. The molecule has 0 radical (unpaired) electrons. The van der Waals surface area contributed by atoms with Crippen LogP contribution in [-0.4, -0.2) is 47.7 Å². The van der Waals surface area contributed by atoms with Crippen molar-refractivity contribution >= 4 is 11.9 Å². The third-order valence-corrected chi connectivity index (χ3v) is 7.54. The van der Waals surface area contributed by atoms with E-state index in [1.165, 1.54) is 0 Å². The van der Waals surface area contributed by atoms with Gasteiger partial charge in [0.1, 0.15) is 11.6 Å². The van der Waals surface area contributed by atoms with Crippen molar-refractivity contribution in [3.8, 4) is 5.75 Å². The summed E-state index contributed by atoms with van der Waals surface area (Å²) in [6.07, 6.45) is -5.34. The molecule has 0 spiro atoms. The van der Waals surface area contributed by atoms with E-state index in [0.717, 1.165) is 49.9 Å². The van der Waals surface area contributed by atoms with Crippen LogP contribution in [0, 0.1) is 11.7 Å². The maximum Gasteiger partial charge on any atom is 0.491 e. The monoisotopic (exact) mass is 588 g/mol. The molecule has 13 heteroatoms. The molecule has 0 unspecified atom stereocenters. The van der Waals surface area contributed by atoms with Crippen LogP contribution in [0.1, 0.15) is 83.2 Å². The second-order valence-corrected chi connectivity index (χ2v) is 10.9. The third kappa shape index (κ3) is 7.35. The number of rotatable bonds is 8. The first-order chi connectivity index (χ1) is 19.3. The van der Waals surface area contributed by atoms with Gasteiger partial charge < -0.3 is 9.47 Å². The number of carbonyl (C=O) groups is 2. The fraction of sp³-hybridized carbons (Fsp3) is 0.536. The number of likely N-dealkylation sites (tertiary alicyclic amines) is 1. The van der Waals surface area contributed by atoms with E-state index in [-0.39, 0.29) is 30.1 Å². The molecule has 2 saturated carbocycles. The summed E-state index contributed by atoms with van der Waals surface area (Å²) in [5.41, 5.74) is -0.132. The number of carbonyl (C=O) groups excluding carboxylic acids is 2. The molecule has 3 fully saturated rings. The smallest absolute Gasteiger partial charge is 0.491 e. The molecule has 5 rings (SSSR count). The number of benzene rings is 1. The van der Waals surface area contributed by atoms with Crippen molar-refractivity contribution in [2.45, 2.75) is 69.3 Å². The molecule has 222 valence electrons. The minimum Gasteiger partial charge on any atom is -0.493 e. The Kier molecular flexibility index (Phi) is 8.01. The largest absolute Gasteiger partial charge is 0.493 e. The number of hydrogen-bond acceptors (Lipinski definition) is 6. The number of ether oxygens (including phenoxy) is 2. The first-order valence-electron chi connectivity index (χ1n) is 13.4. The Morgan fingerprint density at radius 1 is 0.902 bits per heavy atom. The number of alkyl halides is 6. The molecular formula is C28H27F7N2O4. The van der Waals surface area contributed by atoms with Crippen molar-refractivity contribution in [2.24, 2.45) is 5.92 Å². The van der Waals surface area contributed by atoms with Crippen LogP contribution in [-0.2, 0) is 22.3 Å². The summed E-state index contributed by atoms with van der Waals surface area (Å²) in [6.45, 7) is 1.72. The maximum absolute atomic E-state index is 14.7. The number of halogens is 7. The lowest BCUT2D eigenvalue weighted by molar-refractivity contribution is -0.193. The van der Waals surface area contributed by atoms with E-state index < -0.39 is 41.2 Å². The van der Waals surface area contributed by atoms with E-state index in [0.29, 0.717) is 49.4 Å². The van der Waals surface area contributed by atoms with E-state index in [1.54, 1.807) is 0 Å². The Labute approximate surface area is 230 Å². The third-order valence-electron chi connectivity index (χ3n) is 7.54. The van der Waals surface area contributed by atoms with Crippen LogP contribution in [0.5, 0.6) is 5.75 Å². The molecule has 1 aromatic carbocycles. The zero-order valence-corrected chi connectivity index (χ0v) is 21.8. The molecule has 0 bridgehead atoms. The molecule has 1 aromatic heterocycles. The van der Waals surface area contributed by atoms with Crippen LogP contribution >= 0.6 is 0 Å². The fourth-order valence-electron chi connectivity index (χ4n) is 4.96. The van der Waals surface area contributed by atoms with Gasteiger partial charge in [0, 0.05) is 24.2 Å². The van der Waals surface area contributed by atoms with E-state index in [4.69, 9.17) is 4.74 Å². The quantitative estimate of drug-likeness (QED) is 0.199. The van der Waals surface area contributed by atoms with Gasteiger partial charge in [-0.15, -0.1) is 0 Å². The topological polar surface area (TPSA) is 68.7 Å². The summed E-state index contributed by atoms with van der Waals surface area (Å²) in [5, 5.41) is 0. The summed E-state index contributed by atoms with van der Waals surface area (Å²) in [6, 6.07) is 4.25. The lowest BCUT2D eigenvalue weighted by Crippen LogP contribution is -2.35. The minimum absolute atomic E-state index is 0.0576. The van der Waals surface area contributed by atoms with Gasteiger partial charge in [-0.05, 0) is 87.2 Å². The minimum atomic E-state index is -5.40. The van der Waals surface area contributed by atoms with Crippen molar-refractivity contribution in [1.29, 1.82) is 0 Å². The molecule has 6 nitrogen and oxygen atoms in total. The average Bonchev–Trinajstić information content (AvgIpc) is 3.80. The summed E-state index contributed by atoms with van der Waals surface area (Å²) in [5.74, 6) is -5.35. The summed E-state index contributed by atoms with van der Waals surface area (Å²) >= 11 is 0. The summed E-state index contributed by atoms with van der Waals surface area (Å²) in [7, 11) is 0. The Morgan fingerprint density at radius 2 is 1.56 bits per heavy atom. The van der Waals surface area contributed by atoms with Gasteiger partial charge in [0.05, 0.1) is 23.4 Å². The second-order valence-electron chi connectivity index (χ2n) is 10.9. The number of piperidine rings is 1. The van der Waals surface area contributed by atoms with Crippen LogP contribution in [0.25, 0.3) is 0 Å². The Balaban J connectivity index is 1.18. The Morgan fingerprint density at radius 3 is 2.15 bits per heavy atom. The van der Waals surface area contributed by atoms with Gasteiger partial charge in [0.15, 0.2) is 0 Å². The van der Waals surface area contributed by atoms with Crippen molar-refractivity contribution in [2.75, 3.05) is 19.7 Å². The van der Waals surface area contributed by atoms with Crippen molar-refractivity contribution in [1.82, 2.24) is 9.88 Å². The van der Waals surface area contributed by atoms with Crippen molar-refractivity contribution < 1.29 is 49.8 Å². The first-order valence-corrected chi connectivity index (χ1v) is 13.4. The fourth-order valence-corrected chi connectivity index (χ4v) is 4.96. The molecule has 0 atom stereocenters. The molecule has 2 aromatic rings. The number of aromatic nitrogens is 1. The second kappa shape index (κ2) is 11.2. The van der Waals surface area contributed by atoms with E-state index in [2.05, 4.69) is 9.72 Å². The molecule has 2 aliphatic carbocycles. The predicted molar refractivity (Wildman–Crippen MR) is 130 cm³/mol. The predicted octanol–water partition coefficient (Wildman–Crippen LogP) is 6.53. The Bertz CT molecular complexity index is 1310.